The second-order valence-electron chi connectivity index (χ2n) is 4.80. The van der Waals surface area contributed by atoms with Gasteiger partial charge in [0.15, 0.2) is 0 Å². The molecule has 19 heavy (non-hydrogen) atoms. The number of hydrogen-bond donors (Lipinski definition) is 2. The summed E-state index contributed by atoms with van der Waals surface area (Å²) in [6.07, 6.45) is 3.02. The summed E-state index contributed by atoms with van der Waals surface area (Å²) in [4.78, 5) is 29.0. The van der Waals surface area contributed by atoms with E-state index in [1.165, 1.54) is 18.3 Å². The smallest absolute Gasteiger partial charge is 0.335 e. The summed E-state index contributed by atoms with van der Waals surface area (Å²) < 4.78 is 0. The molecule has 2 heterocycles. The molecule has 2 N–H and O–H groups in total. The van der Waals surface area contributed by atoms with Gasteiger partial charge in [0.1, 0.15) is 5.82 Å². The SMILES string of the molecule is CN1CCC(C(=O)Nc2cc(C(=O)O)ccn2)CC1. The standard InChI is InChI=1S/C13H17N3O3/c1-16-6-3-9(4-7-16)12(17)15-11-8-10(13(18)19)2-5-14-11/h2,5,8-9H,3-4,6-7H2,1H3,(H,18,19)(H,14,15,17). The molecule has 1 aliphatic rings. The summed E-state index contributed by atoms with van der Waals surface area (Å²) in [6.45, 7) is 1.81. The second-order valence-corrected chi connectivity index (χ2v) is 4.80. The van der Waals surface area contributed by atoms with Crippen LogP contribution < -0.4 is 5.32 Å². The molecular formula is C13H17N3O3. The number of amides is 1. The average molecular weight is 263 g/mol. The number of piperidine rings is 1. The van der Waals surface area contributed by atoms with Crippen LogP contribution in [-0.2, 0) is 4.79 Å². The van der Waals surface area contributed by atoms with Crippen molar-refractivity contribution in [3.63, 3.8) is 0 Å². The van der Waals surface area contributed by atoms with Crippen molar-refractivity contribution in [3.8, 4) is 0 Å². The first-order valence-corrected chi connectivity index (χ1v) is 6.25. The first-order chi connectivity index (χ1) is 9.06. The number of carbonyl (C=O) groups is 2. The van der Waals surface area contributed by atoms with Crippen LogP contribution in [0, 0.1) is 5.92 Å². The van der Waals surface area contributed by atoms with E-state index < -0.39 is 5.97 Å². The zero-order chi connectivity index (χ0) is 13.8. The molecule has 1 aromatic rings. The molecule has 0 bridgehead atoms. The number of pyridine rings is 1. The highest BCUT2D eigenvalue weighted by atomic mass is 16.4. The monoisotopic (exact) mass is 263 g/mol. The van der Waals surface area contributed by atoms with Gasteiger partial charge in [0.25, 0.3) is 0 Å². The Bertz CT molecular complexity index is 482. The quantitative estimate of drug-likeness (QED) is 0.852. The molecule has 1 aliphatic heterocycles. The van der Waals surface area contributed by atoms with Crippen LogP contribution >= 0.6 is 0 Å². The summed E-state index contributed by atoms with van der Waals surface area (Å²) >= 11 is 0. The van der Waals surface area contributed by atoms with E-state index >= 15 is 0 Å². The zero-order valence-corrected chi connectivity index (χ0v) is 10.8. The number of anilines is 1. The summed E-state index contributed by atoms with van der Waals surface area (Å²) in [5.74, 6) is -0.837. The second kappa shape index (κ2) is 5.79. The highest BCUT2D eigenvalue weighted by molar-refractivity contribution is 5.94. The van der Waals surface area contributed by atoms with Crippen molar-refractivity contribution in [1.82, 2.24) is 9.88 Å². The van der Waals surface area contributed by atoms with E-state index in [9.17, 15) is 9.59 Å². The van der Waals surface area contributed by atoms with Gasteiger partial charge in [-0.15, -0.1) is 0 Å². The van der Waals surface area contributed by atoms with Crippen LogP contribution in [0.4, 0.5) is 5.82 Å². The highest BCUT2D eigenvalue weighted by Crippen LogP contribution is 2.18. The lowest BCUT2D eigenvalue weighted by molar-refractivity contribution is -0.121. The predicted molar refractivity (Wildman–Crippen MR) is 70.0 cm³/mol. The summed E-state index contributed by atoms with van der Waals surface area (Å²) in [5, 5.41) is 11.6. The molecular weight excluding hydrogens is 246 g/mol. The van der Waals surface area contributed by atoms with Crippen LogP contribution in [0.3, 0.4) is 0 Å². The Balaban J connectivity index is 1.98. The van der Waals surface area contributed by atoms with Gasteiger partial charge < -0.3 is 15.3 Å². The molecule has 0 aliphatic carbocycles. The third kappa shape index (κ3) is 3.51. The minimum atomic E-state index is -1.03. The fraction of sp³-hybridized carbons (Fsp3) is 0.462. The number of nitrogens with zero attached hydrogens (tertiary/aromatic N) is 2. The summed E-state index contributed by atoms with van der Waals surface area (Å²) in [6, 6.07) is 2.77. The van der Waals surface area contributed by atoms with E-state index in [0.717, 1.165) is 25.9 Å². The minimum Gasteiger partial charge on any atom is -0.478 e. The third-order valence-corrected chi connectivity index (χ3v) is 3.35. The van der Waals surface area contributed by atoms with Gasteiger partial charge in [-0.3, -0.25) is 4.79 Å². The Morgan fingerprint density at radius 3 is 2.74 bits per heavy atom. The Morgan fingerprint density at radius 2 is 2.11 bits per heavy atom. The van der Waals surface area contributed by atoms with Crippen LogP contribution in [0.2, 0.25) is 0 Å². The molecule has 0 aromatic carbocycles. The van der Waals surface area contributed by atoms with Gasteiger partial charge in [-0.1, -0.05) is 0 Å². The van der Waals surface area contributed by atoms with Crippen molar-refractivity contribution in [2.75, 3.05) is 25.5 Å². The van der Waals surface area contributed by atoms with Crippen molar-refractivity contribution in [1.29, 1.82) is 0 Å². The number of carboxylic acid groups (broad SMARTS) is 1. The van der Waals surface area contributed by atoms with Crippen molar-refractivity contribution in [2.24, 2.45) is 5.92 Å². The normalized spacial score (nSPS) is 17.1. The van der Waals surface area contributed by atoms with E-state index in [1.807, 2.05) is 7.05 Å². The van der Waals surface area contributed by atoms with Crippen molar-refractivity contribution in [3.05, 3.63) is 23.9 Å². The molecule has 0 radical (unpaired) electrons. The fourth-order valence-corrected chi connectivity index (χ4v) is 2.13. The molecule has 1 saturated heterocycles. The number of aromatic carboxylic acids is 1. The van der Waals surface area contributed by atoms with E-state index in [0.29, 0.717) is 5.82 Å². The van der Waals surface area contributed by atoms with E-state index in [2.05, 4.69) is 15.2 Å². The largest absolute Gasteiger partial charge is 0.478 e. The lowest BCUT2D eigenvalue weighted by Crippen LogP contribution is -2.36. The Hall–Kier alpha value is -1.95. The Labute approximate surface area is 111 Å². The molecule has 0 atom stereocenters. The summed E-state index contributed by atoms with van der Waals surface area (Å²) in [5.41, 5.74) is 0.119. The van der Waals surface area contributed by atoms with Crippen LogP contribution in [0.5, 0.6) is 0 Å². The van der Waals surface area contributed by atoms with E-state index in [4.69, 9.17) is 5.11 Å². The maximum Gasteiger partial charge on any atom is 0.335 e. The number of carbonyl (C=O) groups excluding carboxylic acids is 1. The fourth-order valence-electron chi connectivity index (χ4n) is 2.13. The van der Waals surface area contributed by atoms with Crippen molar-refractivity contribution < 1.29 is 14.7 Å². The van der Waals surface area contributed by atoms with Crippen LogP contribution in [-0.4, -0.2) is 47.0 Å². The molecule has 1 aromatic heterocycles. The van der Waals surface area contributed by atoms with Gasteiger partial charge in [-0.05, 0) is 45.1 Å². The van der Waals surface area contributed by atoms with E-state index in [1.54, 1.807) is 0 Å². The van der Waals surface area contributed by atoms with Gasteiger partial charge in [0.05, 0.1) is 5.56 Å². The lowest BCUT2D eigenvalue weighted by atomic mass is 9.96. The first kappa shape index (κ1) is 13.5. The average Bonchev–Trinajstić information content (AvgIpc) is 2.39. The number of carboxylic acids is 1. The van der Waals surface area contributed by atoms with Crippen molar-refractivity contribution in [2.45, 2.75) is 12.8 Å². The van der Waals surface area contributed by atoms with Gasteiger partial charge in [0.2, 0.25) is 5.91 Å². The van der Waals surface area contributed by atoms with Crippen LogP contribution in [0.15, 0.2) is 18.3 Å². The maximum absolute atomic E-state index is 12.0. The minimum absolute atomic E-state index is 0.0218. The zero-order valence-electron chi connectivity index (χ0n) is 10.8. The number of nitrogens with one attached hydrogen (secondary N) is 1. The van der Waals surface area contributed by atoms with Crippen LogP contribution in [0.1, 0.15) is 23.2 Å². The van der Waals surface area contributed by atoms with Crippen molar-refractivity contribution >= 4 is 17.7 Å². The van der Waals surface area contributed by atoms with E-state index in [-0.39, 0.29) is 17.4 Å². The predicted octanol–water partition coefficient (Wildman–Crippen LogP) is 1.06. The molecule has 6 heteroatoms. The van der Waals surface area contributed by atoms with Crippen LogP contribution in [0.25, 0.3) is 0 Å². The summed E-state index contributed by atoms with van der Waals surface area (Å²) in [7, 11) is 2.03. The Kier molecular flexibility index (Phi) is 4.11. The topological polar surface area (TPSA) is 82.5 Å². The molecule has 6 nitrogen and oxygen atoms in total. The number of aromatic nitrogens is 1. The van der Waals surface area contributed by atoms with Gasteiger partial charge in [-0.2, -0.15) is 0 Å². The molecule has 0 saturated carbocycles. The molecule has 102 valence electrons. The Morgan fingerprint density at radius 1 is 1.42 bits per heavy atom. The van der Waals surface area contributed by atoms with Gasteiger partial charge >= 0.3 is 5.97 Å². The van der Waals surface area contributed by atoms with Gasteiger partial charge in [-0.25, -0.2) is 9.78 Å². The number of likely N-dealkylation sites (tertiary alicyclic amines) is 1. The molecule has 0 spiro atoms. The molecule has 2 rings (SSSR count). The molecule has 1 amide bonds. The van der Waals surface area contributed by atoms with Gasteiger partial charge in [0, 0.05) is 12.1 Å². The lowest BCUT2D eigenvalue weighted by Gasteiger charge is -2.27. The molecule has 0 unspecified atom stereocenters. The third-order valence-electron chi connectivity index (χ3n) is 3.35. The highest BCUT2D eigenvalue weighted by Gasteiger charge is 2.23. The number of rotatable bonds is 3. The molecule has 1 fully saturated rings. The maximum atomic E-state index is 12.0. The first-order valence-electron chi connectivity index (χ1n) is 6.25. The number of hydrogen-bond acceptors (Lipinski definition) is 4.